The molecule has 2 aromatic heterocycles. The highest BCUT2D eigenvalue weighted by molar-refractivity contribution is 7.15. The monoisotopic (exact) mass is 471 g/mol. The van der Waals surface area contributed by atoms with Crippen LogP contribution in [0, 0.1) is 0 Å². The third-order valence-corrected chi connectivity index (χ3v) is 6.19. The number of thiazole rings is 1. The maximum atomic E-state index is 13.0. The molecule has 2 heterocycles. The highest BCUT2D eigenvalue weighted by Crippen LogP contribution is 2.31. The fourth-order valence-corrected chi connectivity index (χ4v) is 4.43. The number of hydrogen-bond acceptors (Lipinski definition) is 7. The second-order valence-electron chi connectivity index (χ2n) is 7.46. The van der Waals surface area contributed by atoms with Crippen LogP contribution in [0.3, 0.4) is 0 Å². The lowest BCUT2D eigenvalue weighted by Gasteiger charge is -2.07. The highest BCUT2D eigenvalue weighted by Gasteiger charge is 2.14. The molecule has 0 bridgehead atoms. The van der Waals surface area contributed by atoms with Crippen LogP contribution < -0.4 is 24.3 Å². The summed E-state index contributed by atoms with van der Waals surface area (Å²) in [6.45, 7) is 0.479. The first-order chi connectivity index (χ1) is 16.6. The first kappa shape index (κ1) is 21.7. The molecule has 0 fully saturated rings. The Labute approximate surface area is 199 Å². The number of ether oxygens (including phenoxy) is 3. The van der Waals surface area contributed by atoms with E-state index in [9.17, 15) is 4.79 Å². The molecule has 0 unspecified atom stereocenters. The van der Waals surface area contributed by atoms with E-state index in [-0.39, 0.29) is 5.56 Å². The summed E-state index contributed by atoms with van der Waals surface area (Å²) >= 11 is 1.29. The molecule has 3 aromatic carbocycles. The number of rotatable bonds is 7. The van der Waals surface area contributed by atoms with E-state index in [1.165, 1.54) is 15.9 Å². The number of benzene rings is 3. The minimum Gasteiger partial charge on any atom is -0.493 e. The molecule has 0 saturated heterocycles. The summed E-state index contributed by atoms with van der Waals surface area (Å²) in [5.41, 5.74) is 2.48. The van der Waals surface area contributed by atoms with Crippen LogP contribution in [0.5, 0.6) is 17.2 Å². The fourth-order valence-electron chi connectivity index (χ4n) is 3.52. The summed E-state index contributed by atoms with van der Waals surface area (Å²) in [7, 11) is 3.15. The minimum absolute atomic E-state index is 0.213. The molecule has 0 radical (unpaired) electrons. The molecule has 0 spiro atoms. The van der Waals surface area contributed by atoms with Gasteiger partial charge in [-0.15, -0.1) is 5.10 Å². The van der Waals surface area contributed by atoms with E-state index in [1.54, 1.807) is 26.4 Å². The lowest BCUT2D eigenvalue weighted by atomic mass is 10.2. The van der Waals surface area contributed by atoms with Crippen LogP contribution in [-0.2, 0) is 6.61 Å². The quantitative estimate of drug-likeness (QED) is 0.358. The molecule has 0 saturated carbocycles. The normalized spacial score (nSPS) is 11.6. The highest BCUT2D eigenvalue weighted by atomic mass is 32.1. The largest absolute Gasteiger partial charge is 0.493 e. The van der Waals surface area contributed by atoms with Crippen LogP contribution in [0.25, 0.3) is 22.4 Å². The Hall–Kier alpha value is -4.17. The third kappa shape index (κ3) is 4.35. The molecule has 0 atom stereocenters. The average molecular weight is 472 g/mol. The molecule has 170 valence electrons. The number of hydrogen-bond donors (Lipinski definition) is 0. The van der Waals surface area contributed by atoms with E-state index < -0.39 is 0 Å². The van der Waals surface area contributed by atoms with E-state index in [0.717, 1.165) is 22.4 Å². The Morgan fingerprint density at radius 3 is 2.53 bits per heavy atom. The maximum Gasteiger partial charge on any atom is 0.291 e. The summed E-state index contributed by atoms with van der Waals surface area (Å²) in [4.78, 5) is 18.0. The SMILES string of the molecule is COc1ccc(-c2nc3s/c(=C/c4cccc(OCc5ccccc5)c4)c(=O)n3n2)cc1OC. The average Bonchev–Trinajstić information content (AvgIpc) is 3.42. The fraction of sp³-hybridized carbons (Fsp3) is 0.115. The number of methoxy groups -OCH3 is 2. The molecule has 0 amide bonds. The van der Waals surface area contributed by atoms with Gasteiger partial charge < -0.3 is 14.2 Å². The number of fused-ring (bicyclic) bond motifs is 1. The zero-order chi connectivity index (χ0) is 23.5. The molecule has 0 N–H and O–H groups in total. The van der Waals surface area contributed by atoms with Crippen LogP contribution in [-0.4, -0.2) is 28.8 Å². The molecule has 0 aliphatic rings. The van der Waals surface area contributed by atoms with E-state index >= 15 is 0 Å². The zero-order valence-electron chi connectivity index (χ0n) is 18.6. The molecule has 7 nitrogen and oxygen atoms in total. The smallest absolute Gasteiger partial charge is 0.291 e. The van der Waals surface area contributed by atoms with Gasteiger partial charge in [-0.05, 0) is 47.5 Å². The van der Waals surface area contributed by atoms with Gasteiger partial charge in [0.05, 0.1) is 18.8 Å². The van der Waals surface area contributed by atoms with Gasteiger partial charge in [-0.25, -0.2) is 0 Å². The minimum atomic E-state index is -0.213. The van der Waals surface area contributed by atoms with Crippen LogP contribution in [0.2, 0.25) is 0 Å². The second kappa shape index (κ2) is 9.36. The van der Waals surface area contributed by atoms with Gasteiger partial charge in [-0.1, -0.05) is 53.8 Å². The molecular formula is C26H21N3O4S. The Morgan fingerprint density at radius 1 is 0.941 bits per heavy atom. The number of aromatic nitrogens is 3. The van der Waals surface area contributed by atoms with Crippen molar-refractivity contribution < 1.29 is 14.2 Å². The Bertz CT molecular complexity index is 1560. The summed E-state index contributed by atoms with van der Waals surface area (Å²) in [5, 5.41) is 4.42. The van der Waals surface area contributed by atoms with Gasteiger partial charge in [0.1, 0.15) is 12.4 Å². The summed E-state index contributed by atoms with van der Waals surface area (Å²) in [6.07, 6.45) is 1.83. The molecule has 0 aliphatic heterocycles. The van der Waals surface area contributed by atoms with E-state index in [2.05, 4.69) is 10.1 Å². The Balaban J connectivity index is 1.42. The van der Waals surface area contributed by atoms with Gasteiger partial charge in [0.15, 0.2) is 17.3 Å². The van der Waals surface area contributed by atoms with Gasteiger partial charge in [0.25, 0.3) is 5.56 Å². The predicted octanol–water partition coefficient (Wildman–Crippen LogP) is 3.96. The molecular weight excluding hydrogens is 450 g/mol. The second-order valence-corrected chi connectivity index (χ2v) is 8.47. The van der Waals surface area contributed by atoms with Crippen LogP contribution in [0.1, 0.15) is 11.1 Å². The molecule has 0 aliphatic carbocycles. The van der Waals surface area contributed by atoms with Gasteiger partial charge in [0, 0.05) is 5.56 Å². The van der Waals surface area contributed by atoms with Crippen molar-refractivity contribution in [2.75, 3.05) is 14.2 Å². The lowest BCUT2D eigenvalue weighted by Crippen LogP contribution is -2.23. The van der Waals surface area contributed by atoms with Crippen molar-refractivity contribution in [3.05, 3.63) is 98.8 Å². The first-order valence-corrected chi connectivity index (χ1v) is 11.4. The number of nitrogens with zero attached hydrogens (tertiary/aromatic N) is 3. The topological polar surface area (TPSA) is 75.0 Å². The Kier molecular flexibility index (Phi) is 5.97. The summed E-state index contributed by atoms with van der Waals surface area (Å²) < 4.78 is 18.4. The van der Waals surface area contributed by atoms with Gasteiger partial charge >= 0.3 is 0 Å². The third-order valence-electron chi connectivity index (χ3n) is 5.23. The van der Waals surface area contributed by atoms with Crippen LogP contribution in [0.4, 0.5) is 0 Å². The zero-order valence-corrected chi connectivity index (χ0v) is 19.4. The molecule has 8 heteroatoms. The van der Waals surface area contributed by atoms with Crippen molar-refractivity contribution >= 4 is 22.4 Å². The molecule has 5 aromatic rings. The Morgan fingerprint density at radius 2 is 1.76 bits per heavy atom. The van der Waals surface area contributed by atoms with E-state index in [4.69, 9.17) is 14.2 Å². The van der Waals surface area contributed by atoms with E-state index in [1.807, 2.05) is 66.7 Å². The van der Waals surface area contributed by atoms with Gasteiger partial charge in [-0.3, -0.25) is 4.79 Å². The standard InChI is InChI=1S/C26H21N3O4S/c1-31-21-12-11-19(15-22(21)32-2)24-27-26-29(28-24)25(30)23(34-26)14-18-9-6-10-20(13-18)33-16-17-7-4-3-5-8-17/h3-15H,16H2,1-2H3/b23-14+. The van der Waals surface area contributed by atoms with Crippen LogP contribution in [0.15, 0.2) is 77.6 Å². The maximum absolute atomic E-state index is 13.0. The van der Waals surface area contributed by atoms with Crippen LogP contribution >= 0.6 is 11.3 Å². The van der Waals surface area contributed by atoms with Crippen molar-refractivity contribution in [2.24, 2.45) is 0 Å². The van der Waals surface area contributed by atoms with E-state index in [0.29, 0.717) is 33.4 Å². The molecule has 5 rings (SSSR count). The summed E-state index contributed by atoms with van der Waals surface area (Å²) in [5.74, 6) is 2.37. The first-order valence-electron chi connectivity index (χ1n) is 10.5. The van der Waals surface area contributed by atoms with Gasteiger partial charge in [0.2, 0.25) is 4.96 Å². The lowest BCUT2D eigenvalue weighted by molar-refractivity contribution is 0.306. The van der Waals surface area contributed by atoms with Crippen molar-refractivity contribution in [2.45, 2.75) is 6.61 Å². The summed E-state index contributed by atoms with van der Waals surface area (Å²) in [6, 6.07) is 23.0. The van der Waals surface area contributed by atoms with Crippen molar-refractivity contribution in [1.82, 2.24) is 14.6 Å². The predicted molar refractivity (Wildman–Crippen MR) is 132 cm³/mol. The van der Waals surface area contributed by atoms with Crippen molar-refractivity contribution in [3.63, 3.8) is 0 Å². The van der Waals surface area contributed by atoms with Crippen molar-refractivity contribution in [3.8, 4) is 28.6 Å². The van der Waals surface area contributed by atoms with Gasteiger partial charge in [-0.2, -0.15) is 9.50 Å². The van der Waals surface area contributed by atoms with Crippen molar-refractivity contribution in [1.29, 1.82) is 0 Å². The molecule has 34 heavy (non-hydrogen) atoms.